The van der Waals surface area contributed by atoms with E-state index >= 15 is 0 Å². The van der Waals surface area contributed by atoms with Crippen molar-refractivity contribution in [1.29, 1.82) is 0 Å². The van der Waals surface area contributed by atoms with Gasteiger partial charge in [0, 0.05) is 7.05 Å². The molecule has 0 aliphatic heterocycles. The number of hydrogen-bond acceptors (Lipinski definition) is 3. The van der Waals surface area contributed by atoms with Crippen molar-refractivity contribution in [2.75, 3.05) is 25.2 Å². The lowest BCUT2D eigenvalue weighted by Crippen LogP contribution is -2.26. The molecule has 1 rings (SSSR count). The summed E-state index contributed by atoms with van der Waals surface area (Å²) in [4.78, 5) is 12.1. The maximum atomic E-state index is 11.0. The van der Waals surface area contributed by atoms with Crippen LogP contribution in [-0.2, 0) is 4.74 Å². The fourth-order valence-corrected chi connectivity index (χ4v) is 1.51. The summed E-state index contributed by atoms with van der Waals surface area (Å²) in [7, 11) is 1.48. The van der Waals surface area contributed by atoms with E-state index in [-0.39, 0.29) is 6.10 Å². The van der Waals surface area contributed by atoms with Gasteiger partial charge in [-0.1, -0.05) is 18.2 Å². The van der Waals surface area contributed by atoms with Gasteiger partial charge in [0.05, 0.1) is 18.9 Å². The van der Waals surface area contributed by atoms with Crippen LogP contribution in [0, 0.1) is 0 Å². The second-order valence-corrected chi connectivity index (χ2v) is 4.06. The second-order valence-electron chi connectivity index (χ2n) is 4.06. The lowest BCUT2D eigenvalue weighted by molar-refractivity contribution is 0.0739. The quantitative estimate of drug-likeness (QED) is 0.608. The predicted octanol–water partition coefficient (Wildman–Crippen LogP) is 2.77. The van der Waals surface area contributed by atoms with Crippen LogP contribution in [0.25, 0.3) is 0 Å². The highest BCUT2D eigenvalue weighted by molar-refractivity contribution is 5.87. The van der Waals surface area contributed by atoms with Crippen LogP contribution in [0.4, 0.5) is 10.5 Å². The number of carbonyl (C=O) groups is 1. The summed E-state index contributed by atoms with van der Waals surface area (Å²) in [6.45, 7) is 6.30. The van der Waals surface area contributed by atoms with E-state index < -0.39 is 6.09 Å². The minimum Gasteiger partial charge on any atom is -0.486 e. The van der Waals surface area contributed by atoms with E-state index in [1.165, 1.54) is 7.05 Å². The number of hydrogen-bond donors (Lipinski definition) is 1. The molecule has 0 aliphatic rings. The molecule has 5 heteroatoms. The molecule has 1 N–H and O–H groups in total. The summed E-state index contributed by atoms with van der Waals surface area (Å²) in [5, 5.41) is 9.00. The van der Waals surface area contributed by atoms with Gasteiger partial charge in [0.1, 0.15) is 11.9 Å². The number of amides is 1. The Labute approximate surface area is 113 Å². The molecule has 1 amide bonds. The Kier molecular flexibility index (Phi) is 5.89. The molecule has 0 saturated carbocycles. The molecule has 0 saturated heterocycles. The van der Waals surface area contributed by atoms with Gasteiger partial charge in [0.25, 0.3) is 0 Å². The Morgan fingerprint density at radius 2 is 2.21 bits per heavy atom. The molecular weight excluding hydrogens is 246 g/mol. The lowest BCUT2D eigenvalue weighted by atomic mass is 10.2. The molecule has 104 valence electrons. The van der Waals surface area contributed by atoms with Crippen molar-refractivity contribution >= 4 is 11.8 Å². The van der Waals surface area contributed by atoms with Crippen molar-refractivity contribution in [2.24, 2.45) is 0 Å². The zero-order valence-electron chi connectivity index (χ0n) is 11.2. The number of rotatable bonds is 7. The number of nitrogens with zero attached hydrogens (tertiary/aromatic N) is 1. The Morgan fingerprint density at radius 3 is 2.84 bits per heavy atom. The molecular formula is C14H19NO4. The zero-order valence-corrected chi connectivity index (χ0v) is 11.2. The van der Waals surface area contributed by atoms with Crippen LogP contribution < -0.4 is 9.64 Å². The predicted molar refractivity (Wildman–Crippen MR) is 74.0 cm³/mol. The van der Waals surface area contributed by atoms with Gasteiger partial charge in [-0.3, -0.25) is 4.90 Å². The zero-order chi connectivity index (χ0) is 14.3. The Bertz CT molecular complexity index is 433. The molecule has 0 aliphatic carbocycles. The Hall–Kier alpha value is -2.01. The standard InChI is InChI=1S/C14H19NO4/c1-4-9-18-10-11(2)19-13-8-6-5-7-12(13)15(3)14(16)17/h4-8,11H,1,9-10H2,2-3H3,(H,16,17). The summed E-state index contributed by atoms with van der Waals surface area (Å²) in [5.41, 5.74) is 0.505. The first-order valence-corrected chi connectivity index (χ1v) is 5.97. The Morgan fingerprint density at radius 1 is 1.53 bits per heavy atom. The third kappa shape index (κ3) is 4.63. The van der Waals surface area contributed by atoms with E-state index in [1.807, 2.05) is 6.92 Å². The summed E-state index contributed by atoms with van der Waals surface area (Å²) in [6, 6.07) is 6.99. The molecule has 1 aromatic carbocycles. The van der Waals surface area contributed by atoms with Gasteiger partial charge in [-0.05, 0) is 19.1 Å². The molecule has 0 radical (unpaired) electrons. The number of para-hydroxylation sites is 2. The average Bonchev–Trinajstić information content (AvgIpc) is 2.38. The summed E-state index contributed by atoms with van der Waals surface area (Å²) in [6.07, 6.45) is 0.452. The van der Waals surface area contributed by atoms with Crippen molar-refractivity contribution < 1.29 is 19.4 Å². The molecule has 1 atom stereocenters. The molecule has 19 heavy (non-hydrogen) atoms. The van der Waals surface area contributed by atoms with Crippen LogP contribution in [-0.4, -0.2) is 37.6 Å². The summed E-state index contributed by atoms with van der Waals surface area (Å²) < 4.78 is 11.0. The van der Waals surface area contributed by atoms with Crippen molar-refractivity contribution in [3.05, 3.63) is 36.9 Å². The first kappa shape index (κ1) is 15.0. The van der Waals surface area contributed by atoms with Crippen LogP contribution in [0.3, 0.4) is 0 Å². The van der Waals surface area contributed by atoms with Crippen molar-refractivity contribution in [1.82, 2.24) is 0 Å². The molecule has 1 unspecified atom stereocenters. The largest absolute Gasteiger partial charge is 0.486 e. The maximum absolute atomic E-state index is 11.0. The van der Waals surface area contributed by atoms with Crippen LogP contribution in [0.1, 0.15) is 6.92 Å². The fourth-order valence-electron chi connectivity index (χ4n) is 1.51. The van der Waals surface area contributed by atoms with E-state index in [4.69, 9.17) is 14.6 Å². The molecule has 0 heterocycles. The molecule has 0 bridgehead atoms. The van der Waals surface area contributed by atoms with Crippen LogP contribution in [0.5, 0.6) is 5.75 Å². The van der Waals surface area contributed by atoms with Gasteiger partial charge >= 0.3 is 6.09 Å². The van der Waals surface area contributed by atoms with Gasteiger partial charge in [0.2, 0.25) is 0 Å². The highest BCUT2D eigenvalue weighted by Gasteiger charge is 2.15. The van der Waals surface area contributed by atoms with Crippen LogP contribution in [0.2, 0.25) is 0 Å². The summed E-state index contributed by atoms with van der Waals surface area (Å²) in [5.74, 6) is 0.516. The second kappa shape index (κ2) is 7.43. The van der Waals surface area contributed by atoms with E-state index in [2.05, 4.69) is 6.58 Å². The fraction of sp³-hybridized carbons (Fsp3) is 0.357. The van der Waals surface area contributed by atoms with Crippen LogP contribution >= 0.6 is 0 Å². The van der Waals surface area contributed by atoms with Crippen molar-refractivity contribution in [3.63, 3.8) is 0 Å². The number of anilines is 1. The van der Waals surface area contributed by atoms with Gasteiger partial charge in [-0.25, -0.2) is 4.79 Å². The smallest absolute Gasteiger partial charge is 0.411 e. The molecule has 0 fully saturated rings. The molecule has 1 aromatic rings. The first-order valence-electron chi connectivity index (χ1n) is 5.97. The number of benzene rings is 1. The lowest BCUT2D eigenvalue weighted by Gasteiger charge is -2.20. The van der Waals surface area contributed by atoms with Crippen molar-refractivity contribution in [3.8, 4) is 5.75 Å². The van der Waals surface area contributed by atoms with E-state index in [0.717, 1.165) is 4.90 Å². The monoisotopic (exact) mass is 265 g/mol. The van der Waals surface area contributed by atoms with Gasteiger partial charge in [-0.15, -0.1) is 6.58 Å². The van der Waals surface area contributed by atoms with Gasteiger partial charge < -0.3 is 14.6 Å². The van der Waals surface area contributed by atoms with Gasteiger partial charge in [0.15, 0.2) is 0 Å². The average molecular weight is 265 g/mol. The number of carboxylic acid groups (broad SMARTS) is 1. The third-order valence-corrected chi connectivity index (χ3v) is 2.43. The normalized spacial score (nSPS) is 11.7. The molecule has 0 aromatic heterocycles. The minimum atomic E-state index is -1.04. The number of ether oxygens (including phenoxy) is 2. The highest BCUT2D eigenvalue weighted by atomic mass is 16.5. The summed E-state index contributed by atoms with van der Waals surface area (Å²) >= 11 is 0. The SMILES string of the molecule is C=CCOCC(C)Oc1ccccc1N(C)C(=O)O. The van der Waals surface area contributed by atoms with E-state index in [1.54, 1.807) is 30.3 Å². The topological polar surface area (TPSA) is 59.0 Å². The van der Waals surface area contributed by atoms with E-state index in [9.17, 15) is 4.79 Å². The minimum absolute atomic E-state index is 0.178. The molecule has 0 spiro atoms. The Balaban J connectivity index is 2.72. The third-order valence-electron chi connectivity index (χ3n) is 2.43. The maximum Gasteiger partial charge on any atom is 0.411 e. The highest BCUT2D eigenvalue weighted by Crippen LogP contribution is 2.28. The van der Waals surface area contributed by atoms with E-state index in [0.29, 0.717) is 24.7 Å². The van der Waals surface area contributed by atoms with Gasteiger partial charge in [-0.2, -0.15) is 0 Å². The van der Waals surface area contributed by atoms with Crippen molar-refractivity contribution in [2.45, 2.75) is 13.0 Å². The van der Waals surface area contributed by atoms with Crippen LogP contribution in [0.15, 0.2) is 36.9 Å². The first-order chi connectivity index (χ1) is 9.06. The molecule has 5 nitrogen and oxygen atoms in total.